The van der Waals surface area contributed by atoms with E-state index in [9.17, 15) is 14.4 Å². The van der Waals surface area contributed by atoms with E-state index in [4.69, 9.17) is 4.74 Å². The van der Waals surface area contributed by atoms with Gasteiger partial charge in [0, 0.05) is 17.2 Å². The third-order valence-corrected chi connectivity index (χ3v) is 4.72. The lowest BCUT2D eigenvalue weighted by molar-refractivity contribution is -0.119. The Morgan fingerprint density at radius 3 is 2.69 bits per heavy atom. The van der Waals surface area contributed by atoms with Gasteiger partial charge in [-0.05, 0) is 24.3 Å². The van der Waals surface area contributed by atoms with Crippen LogP contribution in [-0.4, -0.2) is 29.3 Å². The molecular formula is C19H16N2O4S. The third-order valence-electron chi connectivity index (χ3n) is 3.59. The fourth-order valence-electron chi connectivity index (χ4n) is 2.29. The zero-order valence-corrected chi connectivity index (χ0v) is 14.8. The van der Waals surface area contributed by atoms with Crippen molar-refractivity contribution in [2.75, 3.05) is 6.61 Å². The van der Waals surface area contributed by atoms with Crippen molar-refractivity contribution in [3.63, 3.8) is 0 Å². The molecule has 1 amide bonds. The van der Waals surface area contributed by atoms with Crippen LogP contribution in [0.25, 0.3) is 10.9 Å². The Morgan fingerprint density at radius 1 is 1.08 bits per heavy atom. The number of nitrogens with one attached hydrogen (secondary N) is 1. The second kappa shape index (κ2) is 7.88. The van der Waals surface area contributed by atoms with Crippen molar-refractivity contribution < 1.29 is 19.1 Å². The Kier molecular flexibility index (Phi) is 5.38. The number of ketones is 1. The number of nitrogens with zero attached hydrogens (tertiary/aromatic N) is 1. The maximum absolute atomic E-state index is 12.2. The van der Waals surface area contributed by atoms with E-state index in [2.05, 4.69) is 10.3 Å². The zero-order chi connectivity index (χ0) is 18.5. The van der Waals surface area contributed by atoms with E-state index in [0.717, 1.165) is 10.3 Å². The molecule has 0 aliphatic rings. The molecule has 0 saturated carbocycles. The molecule has 132 valence electrons. The highest BCUT2D eigenvalue weighted by atomic mass is 32.1. The predicted molar refractivity (Wildman–Crippen MR) is 98.2 cm³/mol. The number of thiophene rings is 1. The van der Waals surface area contributed by atoms with Crippen LogP contribution in [0.4, 0.5) is 0 Å². The number of amides is 1. The summed E-state index contributed by atoms with van der Waals surface area (Å²) >= 11 is 1.26. The van der Waals surface area contributed by atoms with Crippen LogP contribution < -0.4 is 5.32 Å². The minimum absolute atomic E-state index is 0.136. The van der Waals surface area contributed by atoms with Gasteiger partial charge in [-0.15, -0.1) is 11.3 Å². The highest BCUT2D eigenvalue weighted by Gasteiger charge is 2.15. The summed E-state index contributed by atoms with van der Waals surface area (Å²) < 4.78 is 5.09. The first-order chi connectivity index (χ1) is 12.5. The summed E-state index contributed by atoms with van der Waals surface area (Å²) in [6.45, 7) is 1.45. The quantitative estimate of drug-likeness (QED) is 0.534. The minimum atomic E-state index is -0.640. The van der Waals surface area contributed by atoms with Gasteiger partial charge in [0.1, 0.15) is 5.69 Å². The van der Waals surface area contributed by atoms with Crippen molar-refractivity contribution in [1.29, 1.82) is 0 Å². The topological polar surface area (TPSA) is 85.4 Å². The lowest BCUT2D eigenvalue weighted by Crippen LogP contribution is -2.18. The molecule has 0 aliphatic carbocycles. The molecule has 3 aromatic rings. The Labute approximate surface area is 153 Å². The Bertz CT molecular complexity index is 980. The highest BCUT2D eigenvalue weighted by Crippen LogP contribution is 2.17. The number of aromatic nitrogens is 1. The van der Waals surface area contributed by atoms with Crippen molar-refractivity contribution in [3.05, 3.63) is 64.0 Å². The smallest absolute Gasteiger partial charge is 0.357 e. The fraction of sp³-hybridized carbons (Fsp3) is 0.158. The standard InChI is InChI=1S/C19H16N2O4S/c1-12(22)20-10-14-7-9-18(26-14)17(23)11-25-19(24)16-8-6-13-4-2-3-5-15(13)21-16/h2-9H,10-11H2,1H3,(H,20,22). The number of ether oxygens (including phenoxy) is 1. The molecule has 1 N–H and O–H groups in total. The third kappa shape index (κ3) is 4.31. The molecular weight excluding hydrogens is 352 g/mol. The SMILES string of the molecule is CC(=O)NCc1ccc(C(=O)COC(=O)c2ccc3ccccc3n2)s1. The number of hydrogen-bond acceptors (Lipinski definition) is 6. The average Bonchev–Trinajstić information content (AvgIpc) is 3.13. The van der Waals surface area contributed by atoms with E-state index in [1.165, 1.54) is 18.3 Å². The molecule has 2 aromatic heterocycles. The average molecular weight is 368 g/mol. The number of esters is 1. The van der Waals surface area contributed by atoms with E-state index in [1.54, 1.807) is 30.3 Å². The monoisotopic (exact) mass is 368 g/mol. The number of hydrogen-bond donors (Lipinski definition) is 1. The van der Waals surface area contributed by atoms with E-state index in [1.807, 2.05) is 18.2 Å². The van der Waals surface area contributed by atoms with Gasteiger partial charge in [0.15, 0.2) is 6.61 Å². The van der Waals surface area contributed by atoms with Gasteiger partial charge in [-0.1, -0.05) is 24.3 Å². The molecule has 0 fully saturated rings. The van der Waals surface area contributed by atoms with Crippen LogP contribution in [0.2, 0.25) is 0 Å². The van der Waals surface area contributed by atoms with Gasteiger partial charge in [-0.25, -0.2) is 9.78 Å². The van der Waals surface area contributed by atoms with Crippen LogP contribution in [0.3, 0.4) is 0 Å². The molecule has 0 unspecified atom stereocenters. The van der Waals surface area contributed by atoms with E-state index >= 15 is 0 Å². The molecule has 6 nitrogen and oxygen atoms in total. The van der Waals surface area contributed by atoms with Crippen LogP contribution in [0.1, 0.15) is 32.0 Å². The number of Topliss-reactive ketones (excluding diaryl/α,β-unsaturated/α-hetero) is 1. The van der Waals surface area contributed by atoms with Gasteiger partial charge < -0.3 is 10.1 Å². The molecule has 0 aliphatic heterocycles. The first-order valence-electron chi connectivity index (χ1n) is 7.92. The van der Waals surface area contributed by atoms with Crippen molar-refractivity contribution in [3.8, 4) is 0 Å². The summed E-state index contributed by atoms with van der Waals surface area (Å²) in [5.74, 6) is -1.07. The van der Waals surface area contributed by atoms with Gasteiger partial charge >= 0.3 is 5.97 Å². The van der Waals surface area contributed by atoms with Gasteiger partial charge in [-0.3, -0.25) is 9.59 Å². The molecule has 3 rings (SSSR count). The number of para-hydroxylation sites is 1. The molecule has 0 atom stereocenters. The summed E-state index contributed by atoms with van der Waals surface area (Å²) in [5, 5.41) is 3.59. The number of rotatable bonds is 6. The van der Waals surface area contributed by atoms with Gasteiger partial charge in [0.2, 0.25) is 11.7 Å². The first-order valence-corrected chi connectivity index (χ1v) is 8.74. The molecule has 0 radical (unpaired) electrons. The Hall–Kier alpha value is -3.06. The van der Waals surface area contributed by atoms with Crippen LogP contribution >= 0.6 is 11.3 Å². The minimum Gasteiger partial charge on any atom is -0.453 e. The van der Waals surface area contributed by atoms with Crippen molar-refractivity contribution in [2.24, 2.45) is 0 Å². The zero-order valence-electron chi connectivity index (χ0n) is 14.0. The molecule has 7 heteroatoms. The summed E-state index contributed by atoms with van der Waals surface area (Å²) in [4.78, 5) is 40.8. The number of fused-ring (bicyclic) bond motifs is 1. The molecule has 0 bridgehead atoms. The van der Waals surface area contributed by atoms with Crippen LogP contribution in [-0.2, 0) is 16.1 Å². The fourth-order valence-corrected chi connectivity index (χ4v) is 3.16. The highest BCUT2D eigenvalue weighted by molar-refractivity contribution is 7.14. The molecule has 0 spiro atoms. The molecule has 2 heterocycles. The lowest BCUT2D eigenvalue weighted by atomic mass is 10.2. The molecule has 1 aromatic carbocycles. The van der Waals surface area contributed by atoms with Crippen molar-refractivity contribution in [2.45, 2.75) is 13.5 Å². The second-order valence-electron chi connectivity index (χ2n) is 5.56. The summed E-state index contributed by atoms with van der Waals surface area (Å²) in [6.07, 6.45) is 0. The number of pyridine rings is 1. The number of carbonyl (C=O) groups excluding carboxylic acids is 3. The van der Waals surface area contributed by atoms with Crippen LogP contribution in [0.15, 0.2) is 48.5 Å². The Balaban J connectivity index is 1.59. The van der Waals surface area contributed by atoms with Gasteiger partial charge in [0.25, 0.3) is 0 Å². The molecule has 26 heavy (non-hydrogen) atoms. The lowest BCUT2D eigenvalue weighted by Gasteiger charge is -2.04. The number of carbonyl (C=O) groups is 3. The second-order valence-corrected chi connectivity index (χ2v) is 6.73. The van der Waals surface area contributed by atoms with Gasteiger partial charge in [0.05, 0.1) is 16.9 Å². The van der Waals surface area contributed by atoms with Crippen LogP contribution in [0.5, 0.6) is 0 Å². The largest absolute Gasteiger partial charge is 0.453 e. The summed E-state index contributed by atoms with van der Waals surface area (Å²) in [6, 6.07) is 14.2. The maximum atomic E-state index is 12.2. The van der Waals surface area contributed by atoms with Crippen molar-refractivity contribution in [1.82, 2.24) is 10.3 Å². The van der Waals surface area contributed by atoms with Crippen molar-refractivity contribution >= 4 is 39.9 Å². The summed E-state index contributed by atoms with van der Waals surface area (Å²) in [7, 11) is 0. The molecule has 0 saturated heterocycles. The van der Waals surface area contributed by atoms with Crippen LogP contribution in [0, 0.1) is 0 Å². The normalized spacial score (nSPS) is 10.5. The van der Waals surface area contributed by atoms with E-state index in [-0.39, 0.29) is 24.0 Å². The number of benzene rings is 1. The van der Waals surface area contributed by atoms with E-state index < -0.39 is 5.97 Å². The maximum Gasteiger partial charge on any atom is 0.357 e. The summed E-state index contributed by atoms with van der Waals surface area (Å²) in [5.41, 5.74) is 0.850. The predicted octanol–water partition coefficient (Wildman–Crippen LogP) is 2.97. The Morgan fingerprint density at radius 2 is 1.88 bits per heavy atom. The first kappa shape index (κ1) is 17.8. The van der Waals surface area contributed by atoms with E-state index in [0.29, 0.717) is 16.9 Å². The van der Waals surface area contributed by atoms with Gasteiger partial charge in [-0.2, -0.15) is 0 Å².